The lowest BCUT2D eigenvalue weighted by Crippen LogP contribution is -2.37. The zero-order valence-corrected chi connectivity index (χ0v) is 11.0. The van der Waals surface area contributed by atoms with Gasteiger partial charge in [-0.2, -0.15) is 5.10 Å². The lowest BCUT2D eigenvalue weighted by molar-refractivity contribution is -0.146. The number of fused-ring (bicyclic) bond motifs is 1. The Bertz CT molecular complexity index is 679. The Morgan fingerprint density at radius 1 is 1.45 bits per heavy atom. The van der Waals surface area contributed by atoms with Gasteiger partial charge in [0.1, 0.15) is 0 Å². The number of rotatable bonds is 4. The van der Waals surface area contributed by atoms with Crippen LogP contribution in [0.25, 0.3) is 5.65 Å². The molecule has 8 nitrogen and oxygen atoms in total. The van der Waals surface area contributed by atoms with Crippen molar-refractivity contribution in [3.05, 3.63) is 29.2 Å². The zero-order chi connectivity index (χ0) is 14.9. The Kier molecular flexibility index (Phi) is 3.66. The Hall–Kier alpha value is -2.48. The van der Waals surface area contributed by atoms with E-state index >= 15 is 0 Å². The van der Waals surface area contributed by atoms with E-state index < -0.39 is 18.0 Å². The molecular formula is C12H14N4O4. The number of amides is 1. The lowest BCUT2D eigenvalue weighted by atomic mass is 10.2. The van der Waals surface area contributed by atoms with Crippen molar-refractivity contribution in [2.24, 2.45) is 0 Å². The lowest BCUT2D eigenvalue weighted by Gasteiger charge is -2.10. The summed E-state index contributed by atoms with van der Waals surface area (Å²) >= 11 is 0. The molecule has 1 amide bonds. The van der Waals surface area contributed by atoms with Crippen molar-refractivity contribution in [2.75, 3.05) is 6.54 Å². The van der Waals surface area contributed by atoms with Gasteiger partial charge in [-0.1, -0.05) is 0 Å². The van der Waals surface area contributed by atoms with E-state index in [4.69, 9.17) is 10.2 Å². The Morgan fingerprint density at radius 2 is 2.15 bits per heavy atom. The molecule has 0 bridgehead atoms. The van der Waals surface area contributed by atoms with Crippen LogP contribution in [0.15, 0.2) is 12.3 Å². The summed E-state index contributed by atoms with van der Waals surface area (Å²) in [5.41, 5.74) is 2.27. The van der Waals surface area contributed by atoms with E-state index in [-0.39, 0.29) is 12.1 Å². The Morgan fingerprint density at radius 3 is 2.80 bits per heavy atom. The molecule has 2 aromatic heterocycles. The molecule has 106 valence electrons. The maximum atomic E-state index is 11.9. The highest BCUT2D eigenvalue weighted by molar-refractivity contribution is 5.95. The molecule has 8 heteroatoms. The van der Waals surface area contributed by atoms with E-state index in [0.717, 1.165) is 5.69 Å². The third-order valence-corrected chi connectivity index (χ3v) is 2.83. The topological polar surface area (TPSA) is 117 Å². The quantitative estimate of drug-likeness (QED) is 0.695. The van der Waals surface area contributed by atoms with Gasteiger partial charge in [0.2, 0.25) is 0 Å². The number of aliphatic hydroxyl groups is 1. The van der Waals surface area contributed by atoms with E-state index in [2.05, 4.69) is 15.4 Å². The van der Waals surface area contributed by atoms with Crippen LogP contribution in [0.2, 0.25) is 0 Å². The van der Waals surface area contributed by atoms with E-state index in [1.165, 1.54) is 10.7 Å². The number of nitrogens with zero attached hydrogens (tertiary/aromatic N) is 3. The fourth-order valence-electron chi connectivity index (χ4n) is 1.76. The molecule has 0 aliphatic heterocycles. The monoisotopic (exact) mass is 278 g/mol. The van der Waals surface area contributed by atoms with Crippen LogP contribution >= 0.6 is 0 Å². The average Bonchev–Trinajstić information content (AvgIpc) is 2.77. The minimum Gasteiger partial charge on any atom is -0.479 e. The number of aliphatic carboxylic acids is 1. The van der Waals surface area contributed by atoms with E-state index in [9.17, 15) is 9.59 Å². The van der Waals surface area contributed by atoms with Gasteiger partial charge < -0.3 is 15.5 Å². The number of nitrogens with one attached hydrogen (secondary N) is 1. The van der Waals surface area contributed by atoms with Crippen LogP contribution in [0.4, 0.5) is 0 Å². The summed E-state index contributed by atoms with van der Waals surface area (Å²) < 4.78 is 1.54. The maximum Gasteiger partial charge on any atom is 0.334 e. The molecule has 0 aliphatic rings. The summed E-state index contributed by atoms with van der Waals surface area (Å²) in [4.78, 5) is 26.5. The second-order valence-corrected chi connectivity index (χ2v) is 4.38. The van der Waals surface area contributed by atoms with Crippen molar-refractivity contribution in [3.8, 4) is 0 Å². The van der Waals surface area contributed by atoms with Crippen molar-refractivity contribution < 1.29 is 19.8 Å². The van der Waals surface area contributed by atoms with E-state index in [0.29, 0.717) is 11.3 Å². The smallest absolute Gasteiger partial charge is 0.334 e. The molecule has 2 heterocycles. The molecule has 0 saturated carbocycles. The number of carboxylic acid groups (broad SMARTS) is 1. The first-order valence-corrected chi connectivity index (χ1v) is 5.91. The number of carbonyl (C=O) groups is 2. The van der Waals surface area contributed by atoms with Crippen molar-refractivity contribution in [1.82, 2.24) is 19.9 Å². The highest BCUT2D eigenvalue weighted by Gasteiger charge is 2.17. The van der Waals surface area contributed by atoms with Gasteiger partial charge in [0, 0.05) is 12.3 Å². The highest BCUT2D eigenvalue weighted by atomic mass is 16.4. The second-order valence-electron chi connectivity index (χ2n) is 4.38. The van der Waals surface area contributed by atoms with Crippen LogP contribution in [-0.4, -0.2) is 49.3 Å². The molecule has 0 unspecified atom stereocenters. The first kappa shape index (κ1) is 13.9. The van der Waals surface area contributed by atoms with Crippen LogP contribution in [0.1, 0.15) is 21.7 Å². The second kappa shape index (κ2) is 5.25. The molecule has 0 spiro atoms. The number of aliphatic hydroxyl groups excluding tert-OH is 1. The number of carbonyl (C=O) groups excluding carboxylic acids is 1. The molecule has 20 heavy (non-hydrogen) atoms. The Balaban J connectivity index is 2.22. The molecule has 0 saturated heterocycles. The predicted molar refractivity (Wildman–Crippen MR) is 68.4 cm³/mol. The highest BCUT2D eigenvalue weighted by Crippen LogP contribution is 2.10. The van der Waals surface area contributed by atoms with Gasteiger partial charge in [-0.05, 0) is 13.8 Å². The minimum absolute atomic E-state index is 0.276. The molecular weight excluding hydrogens is 264 g/mol. The predicted octanol–water partition coefficient (Wildman–Crippen LogP) is -0.479. The number of carboxylic acids is 1. The summed E-state index contributed by atoms with van der Waals surface area (Å²) in [5.74, 6) is -1.90. The van der Waals surface area contributed by atoms with Gasteiger partial charge in [-0.25, -0.2) is 14.3 Å². The Labute approximate surface area is 114 Å². The molecule has 0 radical (unpaired) electrons. The van der Waals surface area contributed by atoms with Crippen LogP contribution in [0.5, 0.6) is 0 Å². The van der Waals surface area contributed by atoms with Gasteiger partial charge in [-0.3, -0.25) is 4.79 Å². The zero-order valence-electron chi connectivity index (χ0n) is 11.0. The molecule has 1 atom stereocenters. The number of hydrogen-bond donors (Lipinski definition) is 3. The standard InChI is InChI=1S/C12H14N4O4/c1-6-3-10-13-4-8(7(2)16(10)15-6)11(18)14-5-9(17)12(19)20/h3-4,9,17H,5H2,1-2H3,(H,14,18)(H,19,20)/t9-/m0/s1. The fraction of sp³-hybridized carbons (Fsp3) is 0.333. The molecule has 0 aromatic carbocycles. The summed E-state index contributed by atoms with van der Waals surface area (Å²) in [6.45, 7) is 3.16. The maximum absolute atomic E-state index is 11.9. The molecule has 0 aliphatic carbocycles. The van der Waals surface area contributed by atoms with Crippen molar-refractivity contribution in [2.45, 2.75) is 20.0 Å². The summed E-state index contributed by atoms with van der Waals surface area (Å²) in [6, 6.07) is 1.78. The largest absolute Gasteiger partial charge is 0.479 e. The third kappa shape index (κ3) is 2.59. The third-order valence-electron chi connectivity index (χ3n) is 2.83. The average molecular weight is 278 g/mol. The molecule has 0 fully saturated rings. The van der Waals surface area contributed by atoms with E-state index in [1.807, 2.05) is 6.92 Å². The SMILES string of the molecule is Cc1cc2ncc(C(=O)NC[C@H](O)C(=O)O)c(C)n2n1. The molecule has 2 aromatic rings. The normalized spacial score (nSPS) is 12.3. The van der Waals surface area contributed by atoms with Gasteiger partial charge in [0.15, 0.2) is 11.8 Å². The number of aryl methyl sites for hydroxylation is 2. The van der Waals surface area contributed by atoms with Crippen molar-refractivity contribution in [3.63, 3.8) is 0 Å². The molecule has 2 rings (SSSR count). The summed E-state index contributed by atoms with van der Waals surface area (Å²) in [7, 11) is 0. The summed E-state index contributed by atoms with van der Waals surface area (Å²) in [6.07, 6.45) is -0.239. The van der Waals surface area contributed by atoms with Gasteiger partial charge >= 0.3 is 5.97 Å². The number of aromatic nitrogens is 3. The fourth-order valence-corrected chi connectivity index (χ4v) is 1.76. The van der Waals surface area contributed by atoms with Gasteiger partial charge in [0.25, 0.3) is 5.91 Å². The summed E-state index contributed by atoms with van der Waals surface area (Å²) in [5, 5.41) is 24.2. The minimum atomic E-state index is -1.64. The number of hydrogen-bond acceptors (Lipinski definition) is 5. The first-order valence-electron chi connectivity index (χ1n) is 5.91. The van der Waals surface area contributed by atoms with Crippen molar-refractivity contribution >= 4 is 17.5 Å². The van der Waals surface area contributed by atoms with Crippen LogP contribution in [0.3, 0.4) is 0 Å². The van der Waals surface area contributed by atoms with Crippen LogP contribution in [-0.2, 0) is 4.79 Å². The van der Waals surface area contributed by atoms with Crippen LogP contribution in [0, 0.1) is 13.8 Å². The van der Waals surface area contributed by atoms with Crippen LogP contribution < -0.4 is 5.32 Å². The van der Waals surface area contributed by atoms with Crippen molar-refractivity contribution in [1.29, 1.82) is 0 Å². The van der Waals surface area contributed by atoms with Gasteiger partial charge in [-0.15, -0.1) is 0 Å². The molecule has 3 N–H and O–H groups in total. The van der Waals surface area contributed by atoms with E-state index in [1.54, 1.807) is 13.0 Å². The van der Waals surface area contributed by atoms with Gasteiger partial charge in [0.05, 0.1) is 23.5 Å². The first-order chi connectivity index (χ1) is 9.40.